The number of aryl methyl sites for hydroxylation is 1. The number of ether oxygens (including phenoxy) is 2. The van der Waals surface area contributed by atoms with Crippen molar-refractivity contribution in [2.24, 2.45) is 5.41 Å². The molecule has 4 heterocycles. The number of benzene rings is 2. The minimum absolute atomic E-state index is 0.303. The Morgan fingerprint density at radius 1 is 1.02 bits per heavy atom. The molecule has 0 amide bonds. The second-order valence-electron chi connectivity index (χ2n) is 12.6. The van der Waals surface area contributed by atoms with E-state index in [9.17, 15) is 0 Å². The van der Waals surface area contributed by atoms with Gasteiger partial charge >= 0.3 is 0 Å². The van der Waals surface area contributed by atoms with Crippen LogP contribution in [-0.4, -0.2) is 91.2 Å². The molecule has 2 aromatic carbocycles. The topological polar surface area (TPSA) is 101 Å². The maximum absolute atomic E-state index is 5.87. The Labute approximate surface area is 275 Å². The lowest BCUT2D eigenvalue weighted by atomic mass is 9.80. The second kappa shape index (κ2) is 13.3. The monoisotopic (exact) mass is 692 g/mol. The van der Waals surface area contributed by atoms with E-state index in [1.165, 1.54) is 11.3 Å². The average molecular weight is 694 g/mol. The zero-order valence-corrected chi connectivity index (χ0v) is 29.4. The SMILES string of the molecule is COCC1(C)CN(C2CCN(c3cc(OC)c(Nc4ncc(Br)c(Nc5ccc6nccnc6c5P(C)C)n4)cc3C)CC2)C1. The van der Waals surface area contributed by atoms with Crippen LogP contribution in [0.5, 0.6) is 5.75 Å². The highest BCUT2D eigenvalue weighted by atomic mass is 79.9. The molecule has 2 saturated heterocycles. The van der Waals surface area contributed by atoms with Gasteiger partial charge in [-0.05, 0) is 72.8 Å². The van der Waals surface area contributed by atoms with Crippen LogP contribution in [0.25, 0.3) is 11.0 Å². The molecule has 2 N–H and O–H groups in total. The van der Waals surface area contributed by atoms with Crippen LogP contribution in [0.1, 0.15) is 25.3 Å². The summed E-state index contributed by atoms with van der Waals surface area (Å²) < 4.78 is 12.1. The Hall–Kier alpha value is -3.11. The standard InChI is InChI=1S/C33H42BrN8O2P/c1-21-15-26(28(44-4)16-27(21)41-13-9-22(10-14-41)42-18-33(2,19-42)20-43-3)39-32-37-17-23(34)31(40-32)38-25-8-7-24-29(30(25)45(5)6)36-12-11-35-24/h7-8,11-12,15-17,22H,9-10,13-14,18-20H2,1-6H3,(H2,37,38,39,40). The maximum atomic E-state index is 5.87. The molecule has 4 aromatic rings. The van der Waals surface area contributed by atoms with E-state index in [1.807, 2.05) is 12.1 Å². The molecule has 12 heteroatoms. The summed E-state index contributed by atoms with van der Waals surface area (Å²) in [6.45, 7) is 14.1. The number of hydrogen-bond acceptors (Lipinski definition) is 10. The molecule has 0 unspecified atom stereocenters. The molecule has 2 aliphatic heterocycles. The Balaban J connectivity index is 1.17. The molecule has 2 aliphatic rings. The summed E-state index contributed by atoms with van der Waals surface area (Å²) in [5, 5.41) is 8.09. The minimum atomic E-state index is -0.465. The largest absolute Gasteiger partial charge is 0.494 e. The van der Waals surface area contributed by atoms with Crippen molar-refractivity contribution in [2.75, 3.05) is 75.9 Å². The summed E-state index contributed by atoms with van der Waals surface area (Å²) >= 11 is 3.64. The van der Waals surface area contributed by atoms with Crippen LogP contribution in [0.4, 0.5) is 28.8 Å². The highest BCUT2D eigenvalue weighted by Gasteiger charge is 2.42. The molecular weight excluding hydrogens is 651 g/mol. The van der Waals surface area contributed by atoms with Crippen molar-refractivity contribution in [2.45, 2.75) is 32.7 Å². The Bertz CT molecular complexity index is 1670. The summed E-state index contributed by atoms with van der Waals surface area (Å²) in [6, 6.07) is 8.95. The van der Waals surface area contributed by atoms with Crippen molar-refractivity contribution in [3.8, 4) is 5.75 Å². The summed E-state index contributed by atoms with van der Waals surface area (Å²) in [4.78, 5) is 23.6. The highest BCUT2D eigenvalue weighted by Crippen LogP contribution is 2.39. The van der Waals surface area contributed by atoms with Crippen LogP contribution in [0.15, 0.2) is 47.3 Å². The molecule has 2 fully saturated rings. The number of rotatable bonds is 10. The molecule has 0 atom stereocenters. The van der Waals surface area contributed by atoms with Crippen LogP contribution >= 0.6 is 23.9 Å². The maximum Gasteiger partial charge on any atom is 0.229 e. The Kier molecular flexibility index (Phi) is 9.43. The summed E-state index contributed by atoms with van der Waals surface area (Å²) in [7, 11) is 3.05. The number of anilines is 5. The van der Waals surface area contributed by atoms with Gasteiger partial charge in [-0.3, -0.25) is 14.9 Å². The lowest BCUT2D eigenvalue weighted by molar-refractivity contribution is -0.0672. The Morgan fingerprint density at radius 3 is 2.49 bits per heavy atom. The van der Waals surface area contributed by atoms with Crippen LogP contribution in [-0.2, 0) is 4.74 Å². The van der Waals surface area contributed by atoms with E-state index >= 15 is 0 Å². The number of nitrogens with zero attached hydrogens (tertiary/aromatic N) is 6. The number of nitrogens with one attached hydrogen (secondary N) is 2. The van der Waals surface area contributed by atoms with Gasteiger partial charge in [-0.25, -0.2) is 4.98 Å². The lowest BCUT2D eigenvalue weighted by Gasteiger charge is -2.53. The molecule has 0 bridgehead atoms. The third-order valence-electron chi connectivity index (χ3n) is 8.81. The molecule has 45 heavy (non-hydrogen) atoms. The Morgan fingerprint density at radius 2 is 1.78 bits per heavy atom. The molecule has 0 radical (unpaired) electrons. The number of hydrogen-bond donors (Lipinski definition) is 2. The average Bonchev–Trinajstić information content (AvgIpc) is 3.01. The van der Waals surface area contributed by atoms with E-state index < -0.39 is 7.92 Å². The summed E-state index contributed by atoms with van der Waals surface area (Å²) in [5.41, 5.74) is 6.29. The lowest BCUT2D eigenvalue weighted by Crippen LogP contribution is -2.61. The molecule has 0 spiro atoms. The van der Waals surface area contributed by atoms with Crippen molar-refractivity contribution in [1.82, 2.24) is 24.8 Å². The first-order valence-corrected chi connectivity index (χ1v) is 18.3. The van der Waals surface area contributed by atoms with Gasteiger partial charge in [0.15, 0.2) is 0 Å². The fourth-order valence-corrected chi connectivity index (χ4v) is 8.23. The minimum Gasteiger partial charge on any atom is -0.494 e. The summed E-state index contributed by atoms with van der Waals surface area (Å²) in [5.74, 6) is 1.89. The number of likely N-dealkylation sites (tertiary alicyclic amines) is 1. The zero-order chi connectivity index (χ0) is 31.7. The molecular formula is C33H42BrN8O2P. The van der Waals surface area contributed by atoms with Gasteiger partial charge in [-0.15, -0.1) is 0 Å². The van der Waals surface area contributed by atoms with E-state index in [2.05, 4.69) is 90.6 Å². The van der Waals surface area contributed by atoms with E-state index in [4.69, 9.17) is 14.5 Å². The molecule has 0 saturated carbocycles. The van der Waals surface area contributed by atoms with Crippen LogP contribution < -0.4 is 25.6 Å². The van der Waals surface area contributed by atoms with E-state index in [-0.39, 0.29) is 0 Å². The number of aromatic nitrogens is 4. The quantitative estimate of drug-likeness (QED) is 0.185. The van der Waals surface area contributed by atoms with Crippen LogP contribution in [0.2, 0.25) is 0 Å². The first-order valence-electron chi connectivity index (χ1n) is 15.3. The fraction of sp³-hybridized carbons (Fsp3) is 0.455. The molecule has 6 rings (SSSR count). The zero-order valence-electron chi connectivity index (χ0n) is 26.9. The number of piperidine rings is 1. The van der Waals surface area contributed by atoms with Crippen molar-refractivity contribution in [1.29, 1.82) is 0 Å². The van der Waals surface area contributed by atoms with Crippen LogP contribution in [0.3, 0.4) is 0 Å². The third-order valence-corrected chi connectivity index (χ3v) is 10.7. The van der Waals surface area contributed by atoms with E-state index in [1.54, 1.807) is 32.8 Å². The highest BCUT2D eigenvalue weighted by molar-refractivity contribution is 9.10. The van der Waals surface area contributed by atoms with Gasteiger partial charge in [0.25, 0.3) is 0 Å². The molecule has 0 aliphatic carbocycles. The number of fused-ring (bicyclic) bond motifs is 1. The second-order valence-corrected chi connectivity index (χ2v) is 15.7. The first-order chi connectivity index (χ1) is 21.7. The molecule has 10 nitrogen and oxygen atoms in total. The first kappa shape index (κ1) is 31.9. The molecule has 2 aromatic heterocycles. The van der Waals surface area contributed by atoms with Gasteiger partial charge in [0, 0.05) is 86.1 Å². The summed E-state index contributed by atoms with van der Waals surface area (Å²) in [6.07, 6.45) is 7.55. The predicted molar refractivity (Wildman–Crippen MR) is 189 cm³/mol. The van der Waals surface area contributed by atoms with E-state index in [0.717, 1.165) is 83.6 Å². The van der Waals surface area contributed by atoms with Crippen molar-refractivity contribution < 1.29 is 9.47 Å². The predicted octanol–water partition coefficient (Wildman–Crippen LogP) is 6.29. The fourth-order valence-electron chi connectivity index (χ4n) is 6.73. The van der Waals surface area contributed by atoms with Gasteiger partial charge in [-0.1, -0.05) is 14.8 Å². The van der Waals surface area contributed by atoms with Crippen molar-refractivity contribution >= 4 is 69.0 Å². The number of halogens is 1. The smallest absolute Gasteiger partial charge is 0.229 e. The van der Waals surface area contributed by atoms with E-state index in [0.29, 0.717) is 23.2 Å². The number of methoxy groups -OCH3 is 2. The van der Waals surface area contributed by atoms with Crippen LogP contribution in [0, 0.1) is 12.3 Å². The van der Waals surface area contributed by atoms with Gasteiger partial charge < -0.3 is 25.0 Å². The van der Waals surface area contributed by atoms with Gasteiger partial charge in [0.1, 0.15) is 11.6 Å². The van der Waals surface area contributed by atoms with Gasteiger partial charge in [0.2, 0.25) is 5.95 Å². The van der Waals surface area contributed by atoms with Gasteiger partial charge in [0.05, 0.1) is 34.9 Å². The normalized spacial score (nSPS) is 17.0. The van der Waals surface area contributed by atoms with Crippen molar-refractivity contribution in [3.05, 3.63) is 52.9 Å². The third kappa shape index (κ3) is 6.73. The molecule has 238 valence electrons. The van der Waals surface area contributed by atoms with Gasteiger partial charge in [-0.2, -0.15) is 4.98 Å². The van der Waals surface area contributed by atoms with Crippen molar-refractivity contribution in [3.63, 3.8) is 0 Å².